The standard InChI is InChI=1S/C14H27NO3/c1-5-7-9-13(11(3)16)15-18-14(12(4)17)10-8-6-2/h13-15H,5-10H2,1-4H3. The summed E-state index contributed by atoms with van der Waals surface area (Å²) in [5.74, 6) is 0.0648. The Labute approximate surface area is 110 Å². The van der Waals surface area contributed by atoms with Crippen LogP contribution >= 0.6 is 0 Å². The van der Waals surface area contributed by atoms with Crippen LogP contribution in [-0.2, 0) is 14.4 Å². The number of hydrogen-bond acceptors (Lipinski definition) is 4. The number of carbonyl (C=O) groups is 2. The highest BCUT2D eigenvalue weighted by atomic mass is 16.7. The molecular weight excluding hydrogens is 230 g/mol. The maximum Gasteiger partial charge on any atom is 0.160 e. The van der Waals surface area contributed by atoms with Crippen molar-refractivity contribution in [3.8, 4) is 0 Å². The lowest BCUT2D eigenvalue weighted by atomic mass is 10.1. The Balaban J connectivity index is 4.18. The molecule has 4 heteroatoms. The van der Waals surface area contributed by atoms with Crippen LogP contribution in [0, 0.1) is 0 Å². The van der Waals surface area contributed by atoms with Crippen molar-refractivity contribution in [3.63, 3.8) is 0 Å². The molecule has 0 aromatic heterocycles. The van der Waals surface area contributed by atoms with E-state index in [4.69, 9.17) is 4.84 Å². The van der Waals surface area contributed by atoms with Crippen molar-refractivity contribution < 1.29 is 14.4 Å². The molecule has 0 aliphatic carbocycles. The largest absolute Gasteiger partial charge is 0.298 e. The number of ketones is 2. The van der Waals surface area contributed by atoms with Gasteiger partial charge in [0.25, 0.3) is 0 Å². The third-order valence-electron chi connectivity index (χ3n) is 2.96. The lowest BCUT2D eigenvalue weighted by Crippen LogP contribution is -2.40. The summed E-state index contributed by atoms with van der Waals surface area (Å²) in [4.78, 5) is 28.2. The quantitative estimate of drug-likeness (QED) is 0.578. The second-order valence-electron chi connectivity index (χ2n) is 4.78. The molecule has 0 radical (unpaired) electrons. The number of Topliss-reactive ketones (excluding diaryl/α,β-unsaturated/α-hetero) is 2. The fraction of sp³-hybridized carbons (Fsp3) is 0.857. The van der Waals surface area contributed by atoms with E-state index in [2.05, 4.69) is 19.3 Å². The SMILES string of the molecule is CCCCC(NOC(CCCC)C(C)=O)C(C)=O. The second kappa shape index (κ2) is 10.2. The molecule has 18 heavy (non-hydrogen) atoms. The van der Waals surface area contributed by atoms with E-state index in [-0.39, 0.29) is 17.6 Å². The summed E-state index contributed by atoms with van der Waals surface area (Å²) in [7, 11) is 0. The Hall–Kier alpha value is -0.740. The van der Waals surface area contributed by atoms with Crippen molar-refractivity contribution in [2.45, 2.75) is 78.4 Å². The van der Waals surface area contributed by atoms with Crippen molar-refractivity contribution in [2.75, 3.05) is 0 Å². The molecule has 0 rings (SSSR count). The Kier molecular flexibility index (Phi) is 9.79. The van der Waals surface area contributed by atoms with Gasteiger partial charge in [0.2, 0.25) is 0 Å². The van der Waals surface area contributed by atoms with Gasteiger partial charge in [-0.1, -0.05) is 39.5 Å². The highest BCUT2D eigenvalue weighted by Gasteiger charge is 2.19. The first-order chi connectivity index (χ1) is 8.52. The zero-order chi connectivity index (χ0) is 14.0. The summed E-state index contributed by atoms with van der Waals surface area (Å²) in [5, 5.41) is 0. The number of rotatable bonds is 11. The van der Waals surface area contributed by atoms with Crippen LogP contribution in [0.1, 0.15) is 66.2 Å². The molecule has 0 spiro atoms. The van der Waals surface area contributed by atoms with Crippen LogP contribution in [0.15, 0.2) is 0 Å². The number of hydroxylamine groups is 1. The van der Waals surface area contributed by atoms with Gasteiger partial charge in [-0.15, -0.1) is 0 Å². The minimum Gasteiger partial charge on any atom is -0.298 e. The smallest absolute Gasteiger partial charge is 0.160 e. The molecule has 1 N–H and O–H groups in total. The normalized spacial score (nSPS) is 14.2. The van der Waals surface area contributed by atoms with Gasteiger partial charge in [0, 0.05) is 0 Å². The summed E-state index contributed by atoms with van der Waals surface area (Å²) in [6.07, 6.45) is 5.01. The molecule has 0 aromatic rings. The van der Waals surface area contributed by atoms with Crippen molar-refractivity contribution in [1.82, 2.24) is 5.48 Å². The van der Waals surface area contributed by atoms with Crippen LogP contribution in [0.2, 0.25) is 0 Å². The second-order valence-corrected chi connectivity index (χ2v) is 4.78. The molecule has 0 aromatic carbocycles. The predicted octanol–water partition coefficient (Wildman–Crippen LogP) is 2.80. The zero-order valence-electron chi connectivity index (χ0n) is 12.1. The minimum atomic E-state index is -0.437. The number of nitrogens with one attached hydrogen (secondary N) is 1. The molecule has 0 heterocycles. The van der Waals surface area contributed by atoms with E-state index in [9.17, 15) is 9.59 Å². The van der Waals surface area contributed by atoms with Gasteiger partial charge < -0.3 is 0 Å². The third kappa shape index (κ3) is 7.56. The molecule has 106 valence electrons. The lowest BCUT2D eigenvalue weighted by Gasteiger charge is -2.20. The van der Waals surface area contributed by atoms with Crippen LogP contribution in [0.3, 0.4) is 0 Å². The summed E-state index contributed by atoms with van der Waals surface area (Å²) < 4.78 is 0. The fourth-order valence-corrected chi connectivity index (χ4v) is 1.65. The number of carbonyl (C=O) groups excluding carboxylic acids is 2. The van der Waals surface area contributed by atoms with Crippen molar-refractivity contribution in [2.24, 2.45) is 0 Å². The maximum absolute atomic E-state index is 11.4. The van der Waals surface area contributed by atoms with E-state index < -0.39 is 6.10 Å². The van der Waals surface area contributed by atoms with E-state index >= 15 is 0 Å². The Morgan fingerprint density at radius 2 is 1.56 bits per heavy atom. The van der Waals surface area contributed by atoms with Crippen LogP contribution < -0.4 is 5.48 Å². The summed E-state index contributed by atoms with van der Waals surface area (Å²) >= 11 is 0. The van der Waals surface area contributed by atoms with Gasteiger partial charge >= 0.3 is 0 Å². The summed E-state index contributed by atoms with van der Waals surface area (Å²) in [6.45, 7) is 7.23. The first kappa shape index (κ1) is 17.3. The Morgan fingerprint density at radius 3 is 2.00 bits per heavy atom. The monoisotopic (exact) mass is 257 g/mol. The predicted molar refractivity (Wildman–Crippen MR) is 72.2 cm³/mol. The molecule has 0 amide bonds. The van der Waals surface area contributed by atoms with Crippen molar-refractivity contribution in [1.29, 1.82) is 0 Å². The van der Waals surface area contributed by atoms with E-state index in [1.807, 2.05) is 0 Å². The Morgan fingerprint density at radius 1 is 1.00 bits per heavy atom. The average molecular weight is 257 g/mol. The van der Waals surface area contributed by atoms with Gasteiger partial charge in [0.15, 0.2) is 5.78 Å². The lowest BCUT2D eigenvalue weighted by molar-refractivity contribution is -0.141. The molecule has 0 saturated carbocycles. The number of unbranched alkanes of at least 4 members (excludes halogenated alkanes) is 2. The maximum atomic E-state index is 11.4. The van der Waals surface area contributed by atoms with Gasteiger partial charge in [0.05, 0.1) is 6.04 Å². The number of hydrogen-bond donors (Lipinski definition) is 1. The highest BCUT2D eigenvalue weighted by Crippen LogP contribution is 2.07. The van der Waals surface area contributed by atoms with Crippen LogP contribution in [0.5, 0.6) is 0 Å². The van der Waals surface area contributed by atoms with Gasteiger partial charge in [-0.3, -0.25) is 14.4 Å². The summed E-state index contributed by atoms with van der Waals surface area (Å²) in [5.41, 5.74) is 2.77. The van der Waals surface area contributed by atoms with E-state index in [1.165, 1.54) is 6.92 Å². The molecule has 0 aliphatic rings. The fourth-order valence-electron chi connectivity index (χ4n) is 1.65. The van der Waals surface area contributed by atoms with Gasteiger partial charge in [-0.25, -0.2) is 0 Å². The van der Waals surface area contributed by atoms with Gasteiger partial charge in [-0.05, 0) is 26.7 Å². The molecule has 2 unspecified atom stereocenters. The molecule has 0 aliphatic heterocycles. The average Bonchev–Trinajstić information content (AvgIpc) is 2.31. The van der Waals surface area contributed by atoms with E-state index in [0.717, 1.165) is 32.1 Å². The minimum absolute atomic E-state index is 0.00810. The topological polar surface area (TPSA) is 55.4 Å². The van der Waals surface area contributed by atoms with Crippen molar-refractivity contribution in [3.05, 3.63) is 0 Å². The third-order valence-corrected chi connectivity index (χ3v) is 2.96. The van der Waals surface area contributed by atoms with E-state index in [1.54, 1.807) is 6.92 Å². The van der Waals surface area contributed by atoms with Gasteiger partial charge in [0.1, 0.15) is 11.9 Å². The molecule has 0 bridgehead atoms. The molecule has 2 atom stereocenters. The Bertz CT molecular complexity index is 227. The van der Waals surface area contributed by atoms with Crippen LogP contribution in [-0.4, -0.2) is 23.7 Å². The highest BCUT2D eigenvalue weighted by molar-refractivity contribution is 5.81. The molecular formula is C14H27NO3. The van der Waals surface area contributed by atoms with Gasteiger partial charge in [-0.2, -0.15) is 5.48 Å². The molecule has 0 fully saturated rings. The van der Waals surface area contributed by atoms with Crippen LogP contribution in [0.4, 0.5) is 0 Å². The first-order valence-electron chi connectivity index (χ1n) is 6.94. The summed E-state index contributed by atoms with van der Waals surface area (Å²) in [6, 6.07) is -0.298. The molecule has 0 saturated heterocycles. The van der Waals surface area contributed by atoms with Crippen LogP contribution in [0.25, 0.3) is 0 Å². The zero-order valence-corrected chi connectivity index (χ0v) is 12.1. The van der Waals surface area contributed by atoms with E-state index in [0.29, 0.717) is 6.42 Å². The first-order valence-corrected chi connectivity index (χ1v) is 6.94. The van der Waals surface area contributed by atoms with Crippen molar-refractivity contribution >= 4 is 11.6 Å². The molecule has 4 nitrogen and oxygen atoms in total.